The van der Waals surface area contributed by atoms with Gasteiger partial charge in [0.05, 0.1) is 28.8 Å². The maximum Gasteiger partial charge on any atom is 0.271 e. The molecule has 0 amide bonds. The fourth-order valence-electron chi connectivity index (χ4n) is 2.62. The van der Waals surface area contributed by atoms with Gasteiger partial charge in [0, 0.05) is 25.3 Å². The van der Waals surface area contributed by atoms with E-state index < -0.39 is 4.92 Å². The van der Waals surface area contributed by atoms with Crippen molar-refractivity contribution in [2.24, 2.45) is 0 Å². The minimum atomic E-state index is -0.578. The van der Waals surface area contributed by atoms with Crippen LogP contribution in [-0.2, 0) is 16.1 Å². The molecule has 0 spiro atoms. The highest BCUT2D eigenvalue weighted by Crippen LogP contribution is 2.27. The molecule has 2 aliphatic heterocycles. The summed E-state index contributed by atoms with van der Waals surface area (Å²) in [5, 5.41) is 27.5. The number of phenolic OH excluding ortho intramolecular Hbond substituents is 1. The van der Waals surface area contributed by atoms with E-state index in [2.05, 4.69) is 0 Å². The molecular weight excluding hydrogens is 374 g/mol. The first-order valence-corrected chi connectivity index (χ1v) is 8.90. The summed E-state index contributed by atoms with van der Waals surface area (Å²) in [5.74, 6) is -0.155. The number of aliphatic hydroxyl groups excluding tert-OH is 1. The van der Waals surface area contributed by atoms with Crippen LogP contribution in [0.4, 0.5) is 5.69 Å². The van der Waals surface area contributed by atoms with Crippen molar-refractivity contribution in [3.8, 4) is 5.75 Å². The van der Waals surface area contributed by atoms with Crippen LogP contribution in [0.2, 0.25) is 5.02 Å². The van der Waals surface area contributed by atoms with Gasteiger partial charge in [-0.15, -0.1) is 0 Å². The maximum absolute atomic E-state index is 10.1. The minimum absolute atomic E-state index is 0.0146. The Bertz CT molecular complexity index is 707. The van der Waals surface area contributed by atoms with Gasteiger partial charge in [-0.25, -0.2) is 0 Å². The first-order chi connectivity index (χ1) is 13.0. The molecule has 146 valence electrons. The second-order valence-electron chi connectivity index (χ2n) is 5.93. The molecule has 2 atom stereocenters. The fraction of sp³-hybridized carbons (Fsp3) is 0.368. The van der Waals surface area contributed by atoms with E-state index in [1.165, 1.54) is 12.1 Å². The lowest BCUT2D eigenvalue weighted by atomic mass is 10.2. The molecule has 8 heteroatoms. The zero-order valence-corrected chi connectivity index (χ0v) is 15.4. The van der Waals surface area contributed by atoms with Crippen LogP contribution in [0.15, 0.2) is 48.5 Å². The lowest BCUT2D eigenvalue weighted by Gasteiger charge is -2.03. The standard InChI is InChI=1S/C7H8O.C6H4ClNO3.C6H10O2/c8-6-7-4-2-1-3-5-7;7-5-3-4(8(10)11)1-2-6(5)9;1-3-7-6-2-4-8-5(1)6/h1-5,8H,6H2;1-3,9H;5-6H,1-4H2/t;;5-,6-/m..1/s1. The zero-order valence-electron chi connectivity index (χ0n) is 14.7. The number of aliphatic hydroxyl groups is 1. The average Bonchev–Trinajstić information content (AvgIpc) is 3.30. The summed E-state index contributed by atoms with van der Waals surface area (Å²) in [7, 11) is 0. The number of rotatable bonds is 2. The molecule has 0 radical (unpaired) electrons. The van der Waals surface area contributed by atoms with E-state index in [1.54, 1.807) is 0 Å². The Labute approximate surface area is 162 Å². The number of hydrogen-bond donors (Lipinski definition) is 2. The Kier molecular flexibility index (Phi) is 8.47. The number of aromatic hydroxyl groups is 1. The van der Waals surface area contributed by atoms with E-state index in [9.17, 15) is 10.1 Å². The predicted octanol–water partition coefficient (Wildman–Crippen LogP) is 3.70. The molecule has 0 saturated carbocycles. The number of fused-ring (bicyclic) bond motifs is 1. The molecule has 2 aromatic carbocycles. The summed E-state index contributed by atoms with van der Waals surface area (Å²) in [4.78, 5) is 9.55. The van der Waals surface area contributed by atoms with Crippen LogP contribution in [-0.4, -0.2) is 40.6 Å². The summed E-state index contributed by atoms with van der Waals surface area (Å²) in [6.07, 6.45) is 3.14. The first-order valence-electron chi connectivity index (χ1n) is 8.52. The Morgan fingerprint density at radius 2 is 1.67 bits per heavy atom. The smallest absolute Gasteiger partial charge is 0.271 e. The van der Waals surface area contributed by atoms with Gasteiger partial charge >= 0.3 is 0 Å². The summed E-state index contributed by atoms with van der Waals surface area (Å²) < 4.78 is 10.7. The Balaban J connectivity index is 0.000000148. The van der Waals surface area contributed by atoms with Gasteiger partial charge in [0.2, 0.25) is 0 Å². The van der Waals surface area contributed by atoms with E-state index >= 15 is 0 Å². The largest absolute Gasteiger partial charge is 0.506 e. The minimum Gasteiger partial charge on any atom is -0.506 e. The SMILES string of the molecule is C1C[C@H]2OCC[C@H]2O1.O=[N+]([O-])c1ccc(O)c(Cl)c1.OCc1ccccc1. The predicted molar refractivity (Wildman–Crippen MR) is 101 cm³/mol. The van der Waals surface area contributed by atoms with Crippen LogP contribution in [0.1, 0.15) is 18.4 Å². The highest BCUT2D eigenvalue weighted by molar-refractivity contribution is 6.32. The fourth-order valence-corrected chi connectivity index (χ4v) is 2.79. The summed E-state index contributed by atoms with van der Waals surface area (Å²) in [6.45, 7) is 1.96. The van der Waals surface area contributed by atoms with Gasteiger partial charge in [-0.1, -0.05) is 41.9 Å². The number of halogens is 1. The molecule has 0 unspecified atom stereocenters. The number of benzene rings is 2. The van der Waals surface area contributed by atoms with Crippen molar-refractivity contribution in [2.45, 2.75) is 31.7 Å². The number of hydrogen-bond acceptors (Lipinski definition) is 6. The van der Waals surface area contributed by atoms with E-state index in [4.69, 9.17) is 31.3 Å². The Hall–Kier alpha value is -2.19. The molecule has 0 aliphatic carbocycles. The third-order valence-corrected chi connectivity index (χ3v) is 4.35. The van der Waals surface area contributed by atoms with Crippen molar-refractivity contribution in [3.63, 3.8) is 0 Å². The molecule has 0 aromatic heterocycles. The van der Waals surface area contributed by atoms with E-state index in [0.29, 0.717) is 12.2 Å². The number of phenols is 1. The van der Waals surface area contributed by atoms with Gasteiger partial charge in [0.15, 0.2) is 0 Å². The van der Waals surface area contributed by atoms with Gasteiger partial charge in [-0.05, 0) is 24.5 Å². The van der Waals surface area contributed by atoms with Crippen molar-refractivity contribution < 1.29 is 24.6 Å². The monoisotopic (exact) mass is 395 g/mol. The zero-order chi connectivity index (χ0) is 19.6. The van der Waals surface area contributed by atoms with Gasteiger partial charge in [0.25, 0.3) is 5.69 Å². The second-order valence-corrected chi connectivity index (χ2v) is 6.34. The highest BCUT2D eigenvalue weighted by Gasteiger charge is 2.33. The molecular formula is C19H22ClNO6. The van der Waals surface area contributed by atoms with E-state index in [-0.39, 0.29) is 23.1 Å². The van der Waals surface area contributed by atoms with Crippen LogP contribution in [0.25, 0.3) is 0 Å². The number of nitro groups is 1. The lowest BCUT2D eigenvalue weighted by molar-refractivity contribution is -0.384. The molecule has 27 heavy (non-hydrogen) atoms. The van der Waals surface area contributed by atoms with Crippen molar-refractivity contribution in [2.75, 3.05) is 13.2 Å². The molecule has 2 heterocycles. The lowest BCUT2D eigenvalue weighted by Crippen LogP contribution is -2.13. The van der Waals surface area contributed by atoms with Crippen molar-refractivity contribution in [1.82, 2.24) is 0 Å². The number of ether oxygens (including phenoxy) is 2. The van der Waals surface area contributed by atoms with Gasteiger partial charge in [-0.2, -0.15) is 0 Å². The molecule has 7 nitrogen and oxygen atoms in total. The quantitative estimate of drug-likeness (QED) is 0.593. The summed E-state index contributed by atoms with van der Waals surface area (Å²) in [6, 6.07) is 13.0. The molecule has 2 fully saturated rings. The van der Waals surface area contributed by atoms with Crippen LogP contribution in [0.5, 0.6) is 5.75 Å². The highest BCUT2D eigenvalue weighted by atomic mass is 35.5. The third kappa shape index (κ3) is 6.80. The number of nitrogens with zero attached hydrogens (tertiary/aromatic N) is 1. The number of non-ortho nitro benzene ring substituents is 1. The third-order valence-electron chi connectivity index (χ3n) is 4.05. The molecule has 2 N–H and O–H groups in total. The summed E-state index contributed by atoms with van der Waals surface area (Å²) in [5.41, 5.74) is 0.834. The number of nitro benzene ring substituents is 1. The van der Waals surface area contributed by atoms with Crippen molar-refractivity contribution >= 4 is 17.3 Å². The van der Waals surface area contributed by atoms with Crippen LogP contribution in [0.3, 0.4) is 0 Å². The van der Waals surface area contributed by atoms with Crippen LogP contribution in [0, 0.1) is 10.1 Å². The van der Waals surface area contributed by atoms with Gasteiger partial charge < -0.3 is 19.7 Å². The Morgan fingerprint density at radius 3 is 2.11 bits per heavy atom. The Morgan fingerprint density at radius 1 is 1.07 bits per heavy atom. The molecule has 2 aliphatic rings. The molecule has 0 bridgehead atoms. The van der Waals surface area contributed by atoms with Gasteiger partial charge in [0.1, 0.15) is 5.75 Å². The molecule has 2 saturated heterocycles. The maximum atomic E-state index is 10.1. The van der Waals surface area contributed by atoms with Crippen LogP contribution < -0.4 is 0 Å². The van der Waals surface area contributed by atoms with Crippen molar-refractivity contribution in [1.29, 1.82) is 0 Å². The second kappa shape index (κ2) is 10.8. The topological polar surface area (TPSA) is 102 Å². The average molecular weight is 396 g/mol. The normalized spacial score (nSPS) is 19.9. The summed E-state index contributed by atoms with van der Waals surface area (Å²) >= 11 is 5.40. The van der Waals surface area contributed by atoms with E-state index in [1.807, 2.05) is 30.3 Å². The van der Waals surface area contributed by atoms with E-state index in [0.717, 1.165) is 37.7 Å². The van der Waals surface area contributed by atoms with Crippen LogP contribution >= 0.6 is 11.6 Å². The molecule has 4 rings (SSSR count). The first kappa shape index (κ1) is 21.1. The molecule has 2 aromatic rings. The van der Waals surface area contributed by atoms with Gasteiger partial charge in [-0.3, -0.25) is 10.1 Å². The van der Waals surface area contributed by atoms with Crippen molar-refractivity contribution in [3.05, 3.63) is 69.2 Å².